The molecule has 0 unspecified atom stereocenters. The van der Waals surface area contributed by atoms with Gasteiger partial charge >= 0.3 is 0 Å². The zero-order valence-electron chi connectivity index (χ0n) is 18.7. The highest BCUT2D eigenvalue weighted by Gasteiger charge is 2.18. The molecule has 1 saturated heterocycles. The molecule has 0 bridgehead atoms. The molecule has 0 spiro atoms. The molecule has 1 fully saturated rings. The molecule has 10 heteroatoms. The monoisotopic (exact) mass is 446 g/mol. The SMILES string of the molecule is CN1CCN(CCNc2cc(NC(=O)c3cn(C)c4ccc(C=O)nc34)ncc2C#N)CC1. The van der Waals surface area contributed by atoms with E-state index in [9.17, 15) is 14.9 Å². The minimum Gasteiger partial charge on any atom is -0.383 e. The Morgan fingerprint density at radius 3 is 2.76 bits per heavy atom. The fourth-order valence-electron chi connectivity index (χ4n) is 3.87. The van der Waals surface area contributed by atoms with Crippen molar-refractivity contribution in [3.63, 3.8) is 0 Å². The molecule has 33 heavy (non-hydrogen) atoms. The number of hydrogen-bond donors (Lipinski definition) is 2. The summed E-state index contributed by atoms with van der Waals surface area (Å²) in [6.07, 6.45) is 3.76. The fraction of sp³-hybridized carbons (Fsp3) is 0.348. The number of aromatic nitrogens is 3. The van der Waals surface area contributed by atoms with Gasteiger partial charge in [-0.1, -0.05) is 0 Å². The number of aryl methyl sites for hydroxylation is 1. The highest BCUT2D eigenvalue weighted by atomic mass is 16.1. The van der Waals surface area contributed by atoms with Crippen LogP contribution in [-0.4, -0.2) is 82.8 Å². The number of hydrogen-bond acceptors (Lipinski definition) is 8. The highest BCUT2D eigenvalue weighted by Crippen LogP contribution is 2.22. The number of aldehydes is 1. The van der Waals surface area contributed by atoms with Gasteiger partial charge in [0.25, 0.3) is 5.91 Å². The van der Waals surface area contributed by atoms with E-state index >= 15 is 0 Å². The minimum absolute atomic E-state index is 0.256. The van der Waals surface area contributed by atoms with Gasteiger partial charge in [0.05, 0.1) is 22.3 Å². The van der Waals surface area contributed by atoms with Gasteiger partial charge < -0.3 is 20.1 Å². The third-order valence-electron chi connectivity index (χ3n) is 5.82. The lowest BCUT2D eigenvalue weighted by Crippen LogP contribution is -2.45. The molecule has 0 aliphatic carbocycles. The van der Waals surface area contributed by atoms with Crippen LogP contribution in [0.25, 0.3) is 11.0 Å². The van der Waals surface area contributed by atoms with Crippen molar-refractivity contribution in [3.8, 4) is 6.07 Å². The first-order valence-corrected chi connectivity index (χ1v) is 10.8. The van der Waals surface area contributed by atoms with Crippen LogP contribution >= 0.6 is 0 Å². The van der Waals surface area contributed by atoms with Crippen molar-refractivity contribution in [2.75, 3.05) is 56.9 Å². The first kappa shape index (κ1) is 22.4. The average molecular weight is 447 g/mol. The Morgan fingerprint density at radius 1 is 1.24 bits per heavy atom. The zero-order valence-corrected chi connectivity index (χ0v) is 18.7. The van der Waals surface area contributed by atoms with Crippen molar-refractivity contribution in [1.29, 1.82) is 5.26 Å². The number of pyridine rings is 2. The Bertz CT molecular complexity index is 1220. The number of amides is 1. The van der Waals surface area contributed by atoms with E-state index in [1.807, 2.05) is 7.05 Å². The van der Waals surface area contributed by atoms with E-state index in [0.717, 1.165) is 38.2 Å². The Balaban J connectivity index is 1.47. The summed E-state index contributed by atoms with van der Waals surface area (Å²) in [5, 5.41) is 15.5. The molecular weight excluding hydrogens is 420 g/mol. The van der Waals surface area contributed by atoms with Crippen molar-refractivity contribution in [2.24, 2.45) is 7.05 Å². The van der Waals surface area contributed by atoms with Crippen LogP contribution in [0.3, 0.4) is 0 Å². The van der Waals surface area contributed by atoms with Gasteiger partial charge in [-0.15, -0.1) is 0 Å². The van der Waals surface area contributed by atoms with Gasteiger partial charge in [-0.2, -0.15) is 5.26 Å². The fourth-order valence-corrected chi connectivity index (χ4v) is 3.87. The minimum atomic E-state index is -0.392. The molecule has 1 aliphatic heterocycles. The molecule has 1 amide bonds. The number of carbonyl (C=O) groups excluding carboxylic acids is 2. The van der Waals surface area contributed by atoms with Crippen LogP contribution < -0.4 is 10.6 Å². The molecule has 0 atom stereocenters. The number of nitrogens with zero attached hydrogens (tertiary/aromatic N) is 6. The van der Waals surface area contributed by atoms with Gasteiger partial charge in [-0.3, -0.25) is 14.5 Å². The quantitative estimate of drug-likeness (QED) is 0.525. The first-order valence-electron chi connectivity index (χ1n) is 10.8. The van der Waals surface area contributed by atoms with Crippen molar-refractivity contribution in [1.82, 2.24) is 24.3 Å². The number of nitrogens with one attached hydrogen (secondary N) is 2. The van der Waals surface area contributed by atoms with Crippen LogP contribution in [0, 0.1) is 11.3 Å². The van der Waals surface area contributed by atoms with Crippen LogP contribution in [-0.2, 0) is 7.05 Å². The predicted octanol–water partition coefficient (Wildman–Crippen LogP) is 1.56. The van der Waals surface area contributed by atoms with Crippen LogP contribution in [0.1, 0.15) is 26.4 Å². The Hall–Kier alpha value is -3.81. The van der Waals surface area contributed by atoms with Crippen LogP contribution in [0.15, 0.2) is 30.6 Å². The molecule has 170 valence electrons. The molecule has 0 aromatic carbocycles. The number of piperazine rings is 1. The van der Waals surface area contributed by atoms with Crippen LogP contribution in [0.2, 0.25) is 0 Å². The van der Waals surface area contributed by atoms with Gasteiger partial charge in [-0.05, 0) is 19.2 Å². The molecule has 1 aliphatic rings. The summed E-state index contributed by atoms with van der Waals surface area (Å²) in [6.45, 7) is 5.68. The number of carbonyl (C=O) groups is 2. The summed E-state index contributed by atoms with van der Waals surface area (Å²) >= 11 is 0. The van der Waals surface area contributed by atoms with Gasteiger partial charge in [0, 0.05) is 64.8 Å². The lowest BCUT2D eigenvalue weighted by atomic mass is 10.2. The molecule has 3 aromatic rings. The second kappa shape index (κ2) is 9.77. The zero-order chi connectivity index (χ0) is 23.4. The average Bonchev–Trinajstić information content (AvgIpc) is 3.16. The van der Waals surface area contributed by atoms with Crippen LogP contribution in [0.5, 0.6) is 0 Å². The topological polar surface area (TPSA) is 119 Å². The smallest absolute Gasteiger partial charge is 0.260 e. The van der Waals surface area contributed by atoms with Crippen molar-refractivity contribution < 1.29 is 9.59 Å². The molecule has 4 heterocycles. The maximum Gasteiger partial charge on any atom is 0.260 e. The van der Waals surface area contributed by atoms with E-state index in [1.54, 1.807) is 29.0 Å². The predicted molar refractivity (Wildman–Crippen MR) is 125 cm³/mol. The molecule has 3 aromatic heterocycles. The number of anilines is 2. The van der Waals surface area contributed by atoms with E-state index in [1.165, 1.54) is 6.20 Å². The molecular formula is C23H26N8O2. The second-order valence-electron chi connectivity index (χ2n) is 8.13. The second-order valence-corrected chi connectivity index (χ2v) is 8.13. The maximum absolute atomic E-state index is 13.0. The maximum atomic E-state index is 13.0. The summed E-state index contributed by atoms with van der Waals surface area (Å²) in [7, 11) is 3.93. The van der Waals surface area contributed by atoms with Gasteiger partial charge in [-0.25, -0.2) is 9.97 Å². The summed E-state index contributed by atoms with van der Waals surface area (Å²) < 4.78 is 1.78. The largest absolute Gasteiger partial charge is 0.383 e. The number of rotatable bonds is 7. The van der Waals surface area contributed by atoms with E-state index in [-0.39, 0.29) is 5.69 Å². The lowest BCUT2D eigenvalue weighted by Gasteiger charge is -2.32. The van der Waals surface area contributed by atoms with Gasteiger partial charge in [0.2, 0.25) is 0 Å². The molecule has 0 saturated carbocycles. The third-order valence-corrected chi connectivity index (χ3v) is 5.82. The molecule has 4 rings (SSSR count). The highest BCUT2D eigenvalue weighted by molar-refractivity contribution is 6.12. The van der Waals surface area contributed by atoms with E-state index in [4.69, 9.17) is 0 Å². The summed E-state index contributed by atoms with van der Waals surface area (Å²) in [6, 6.07) is 7.17. The van der Waals surface area contributed by atoms with Gasteiger partial charge in [0.15, 0.2) is 6.29 Å². The normalized spacial score (nSPS) is 14.7. The molecule has 10 nitrogen and oxygen atoms in total. The van der Waals surface area contributed by atoms with Crippen molar-refractivity contribution in [2.45, 2.75) is 0 Å². The Morgan fingerprint density at radius 2 is 2.03 bits per heavy atom. The summed E-state index contributed by atoms with van der Waals surface area (Å²) in [4.78, 5) is 37.2. The van der Waals surface area contributed by atoms with Crippen LogP contribution in [0.4, 0.5) is 11.5 Å². The third kappa shape index (κ3) is 5.00. The Labute approximate surface area is 191 Å². The van der Waals surface area contributed by atoms with E-state index < -0.39 is 5.91 Å². The van der Waals surface area contributed by atoms with Crippen molar-refractivity contribution >= 4 is 34.7 Å². The Kier molecular flexibility index (Phi) is 6.63. The summed E-state index contributed by atoms with van der Waals surface area (Å²) in [5.41, 5.74) is 2.81. The number of nitriles is 1. The van der Waals surface area contributed by atoms with E-state index in [0.29, 0.717) is 41.0 Å². The standard InChI is InChI=1S/C23H26N8O2/c1-29-7-9-31(10-8-29)6-5-25-19-11-21(26-13-16(19)12-24)28-23(33)18-14-30(2)20-4-3-17(15-32)27-22(18)20/h3-4,11,13-15H,5-10H2,1-2H3,(H2,25,26,28,33). The number of likely N-dealkylation sites (N-methyl/N-ethyl adjacent to an activating group) is 1. The van der Waals surface area contributed by atoms with E-state index in [2.05, 4.69) is 43.5 Å². The summed E-state index contributed by atoms with van der Waals surface area (Å²) in [5.74, 6) is -0.0682. The first-order chi connectivity index (χ1) is 16.0. The molecule has 2 N–H and O–H groups in total. The molecule has 0 radical (unpaired) electrons. The lowest BCUT2D eigenvalue weighted by molar-refractivity contribution is 0.102. The number of fused-ring (bicyclic) bond motifs is 1. The van der Waals surface area contributed by atoms with Crippen molar-refractivity contribution in [3.05, 3.63) is 47.4 Å². The van der Waals surface area contributed by atoms with Gasteiger partial charge in [0.1, 0.15) is 23.1 Å².